The van der Waals surface area contributed by atoms with Gasteiger partial charge in [-0.25, -0.2) is 4.79 Å². The molecule has 0 aliphatic carbocycles. The van der Waals surface area contributed by atoms with Crippen molar-refractivity contribution in [2.24, 2.45) is 0 Å². The van der Waals surface area contributed by atoms with Crippen molar-refractivity contribution in [2.45, 2.75) is 38.8 Å². The number of halogens is 1. The molecule has 26 heavy (non-hydrogen) atoms. The molecule has 0 unspecified atom stereocenters. The van der Waals surface area contributed by atoms with E-state index in [1.54, 1.807) is 11.3 Å². The lowest BCUT2D eigenvalue weighted by Crippen LogP contribution is -2.48. The first-order valence-corrected chi connectivity index (χ1v) is 10.4. The van der Waals surface area contributed by atoms with Gasteiger partial charge in [0.2, 0.25) is 0 Å². The molecule has 138 valence electrons. The van der Waals surface area contributed by atoms with Gasteiger partial charge in [-0.1, -0.05) is 29.3 Å². The molecule has 1 aromatic carbocycles. The standard InChI is InChI=1S/C20H24ClN3OS/c1-14-2-4-18-15(12-14)6-11-24(18)20(25)22-16-7-9-23(10-8-16)13-17-3-5-19(21)26-17/h2-5,12,16H,6-11,13H2,1H3,(H,22,25). The number of fused-ring (bicyclic) bond motifs is 1. The summed E-state index contributed by atoms with van der Waals surface area (Å²) in [5, 5.41) is 3.25. The van der Waals surface area contributed by atoms with Crippen LogP contribution in [0.3, 0.4) is 0 Å². The van der Waals surface area contributed by atoms with Gasteiger partial charge < -0.3 is 5.32 Å². The van der Waals surface area contributed by atoms with Gasteiger partial charge >= 0.3 is 6.03 Å². The number of benzene rings is 1. The quantitative estimate of drug-likeness (QED) is 0.841. The third-order valence-corrected chi connectivity index (χ3v) is 6.52. The van der Waals surface area contributed by atoms with Crippen LogP contribution in [0.5, 0.6) is 0 Å². The lowest BCUT2D eigenvalue weighted by Gasteiger charge is -2.33. The normalized spacial score (nSPS) is 18.2. The fourth-order valence-corrected chi connectivity index (χ4v) is 5.02. The smallest absolute Gasteiger partial charge is 0.322 e. The predicted octanol–water partition coefficient (Wildman–Crippen LogP) is 4.45. The second-order valence-corrected chi connectivity index (χ2v) is 9.04. The molecular formula is C20H24ClN3OS. The van der Waals surface area contributed by atoms with E-state index in [1.165, 1.54) is 16.0 Å². The van der Waals surface area contributed by atoms with Crippen LogP contribution >= 0.6 is 22.9 Å². The Hall–Kier alpha value is -1.56. The minimum Gasteiger partial charge on any atom is -0.335 e. The lowest BCUT2D eigenvalue weighted by molar-refractivity contribution is 0.189. The van der Waals surface area contributed by atoms with Crippen LogP contribution in [0.2, 0.25) is 4.34 Å². The third-order valence-electron chi connectivity index (χ3n) is 5.30. The van der Waals surface area contributed by atoms with Crippen LogP contribution in [0.15, 0.2) is 30.3 Å². The first kappa shape index (κ1) is 17.8. The zero-order chi connectivity index (χ0) is 18.1. The number of piperidine rings is 1. The van der Waals surface area contributed by atoms with E-state index in [1.807, 2.05) is 11.0 Å². The van der Waals surface area contributed by atoms with E-state index in [4.69, 9.17) is 11.6 Å². The van der Waals surface area contributed by atoms with Crippen LogP contribution in [-0.2, 0) is 13.0 Å². The molecule has 0 radical (unpaired) electrons. The van der Waals surface area contributed by atoms with Crippen molar-refractivity contribution in [1.29, 1.82) is 0 Å². The number of nitrogens with zero attached hydrogens (tertiary/aromatic N) is 2. The van der Waals surface area contributed by atoms with Crippen LogP contribution < -0.4 is 10.2 Å². The van der Waals surface area contributed by atoms with Crippen LogP contribution in [0.25, 0.3) is 0 Å². The number of anilines is 1. The molecule has 2 aromatic rings. The summed E-state index contributed by atoms with van der Waals surface area (Å²) < 4.78 is 0.850. The predicted molar refractivity (Wildman–Crippen MR) is 108 cm³/mol. The van der Waals surface area contributed by atoms with Gasteiger partial charge in [0, 0.05) is 42.8 Å². The maximum atomic E-state index is 12.7. The Morgan fingerprint density at radius 2 is 2.04 bits per heavy atom. The monoisotopic (exact) mass is 389 g/mol. The molecule has 0 atom stereocenters. The van der Waals surface area contributed by atoms with Crippen molar-refractivity contribution in [3.05, 3.63) is 50.7 Å². The highest BCUT2D eigenvalue weighted by Crippen LogP contribution is 2.29. The third kappa shape index (κ3) is 3.90. The van der Waals surface area contributed by atoms with E-state index >= 15 is 0 Å². The Kier molecular flexibility index (Phi) is 5.20. The number of urea groups is 1. The number of hydrogen-bond acceptors (Lipinski definition) is 3. The maximum absolute atomic E-state index is 12.7. The number of likely N-dealkylation sites (tertiary alicyclic amines) is 1. The number of rotatable bonds is 3. The summed E-state index contributed by atoms with van der Waals surface area (Å²) in [6, 6.07) is 10.7. The maximum Gasteiger partial charge on any atom is 0.322 e. The fraction of sp³-hybridized carbons (Fsp3) is 0.450. The second-order valence-electron chi connectivity index (χ2n) is 7.24. The van der Waals surface area contributed by atoms with Crippen LogP contribution in [0.4, 0.5) is 10.5 Å². The van der Waals surface area contributed by atoms with E-state index in [2.05, 4.69) is 41.4 Å². The molecule has 2 aliphatic heterocycles. The van der Waals surface area contributed by atoms with E-state index < -0.39 is 0 Å². The topological polar surface area (TPSA) is 35.6 Å². The lowest BCUT2D eigenvalue weighted by atomic mass is 10.1. The van der Waals surface area contributed by atoms with Crippen LogP contribution in [0, 0.1) is 6.92 Å². The molecule has 1 N–H and O–H groups in total. The van der Waals surface area contributed by atoms with Crippen molar-refractivity contribution < 1.29 is 4.79 Å². The number of aryl methyl sites for hydroxylation is 1. The first-order chi connectivity index (χ1) is 12.6. The molecule has 0 saturated carbocycles. The van der Waals surface area contributed by atoms with Crippen molar-refractivity contribution in [2.75, 3.05) is 24.5 Å². The molecule has 0 bridgehead atoms. The molecule has 1 aromatic heterocycles. The highest BCUT2D eigenvalue weighted by atomic mass is 35.5. The van der Waals surface area contributed by atoms with Gasteiger partial charge in [-0.05, 0) is 49.9 Å². The van der Waals surface area contributed by atoms with Crippen LogP contribution in [0.1, 0.15) is 28.8 Å². The van der Waals surface area contributed by atoms with E-state index in [-0.39, 0.29) is 12.1 Å². The van der Waals surface area contributed by atoms with Gasteiger partial charge in [-0.15, -0.1) is 11.3 Å². The largest absolute Gasteiger partial charge is 0.335 e. The number of hydrogen-bond donors (Lipinski definition) is 1. The minimum absolute atomic E-state index is 0.0519. The van der Waals surface area contributed by atoms with Gasteiger partial charge in [-0.2, -0.15) is 0 Å². The van der Waals surface area contributed by atoms with E-state index in [0.29, 0.717) is 0 Å². The average Bonchev–Trinajstić information content (AvgIpc) is 3.22. The zero-order valence-electron chi connectivity index (χ0n) is 15.0. The van der Waals surface area contributed by atoms with Gasteiger partial charge in [0.05, 0.1) is 4.34 Å². The number of carbonyl (C=O) groups is 1. The molecule has 1 saturated heterocycles. The summed E-state index contributed by atoms with van der Waals surface area (Å²) in [5.74, 6) is 0. The van der Waals surface area contributed by atoms with Gasteiger partial charge in [-0.3, -0.25) is 9.80 Å². The van der Waals surface area contributed by atoms with Crippen molar-refractivity contribution in [3.8, 4) is 0 Å². The molecule has 2 amide bonds. The Balaban J connectivity index is 1.29. The summed E-state index contributed by atoms with van der Waals surface area (Å²) in [4.78, 5) is 18.4. The molecule has 4 rings (SSSR count). The van der Waals surface area contributed by atoms with E-state index in [0.717, 1.165) is 55.5 Å². The SMILES string of the molecule is Cc1ccc2c(c1)CCN2C(=O)NC1CCN(Cc2ccc(Cl)s2)CC1. The number of amides is 2. The first-order valence-electron chi connectivity index (χ1n) is 9.22. The van der Waals surface area contributed by atoms with Crippen molar-refractivity contribution in [3.63, 3.8) is 0 Å². The van der Waals surface area contributed by atoms with Crippen molar-refractivity contribution in [1.82, 2.24) is 10.2 Å². The fourth-order valence-electron chi connectivity index (χ4n) is 3.89. The molecule has 2 aliphatic rings. The Bertz CT molecular complexity index is 798. The Morgan fingerprint density at radius 1 is 1.23 bits per heavy atom. The number of carbonyl (C=O) groups excluding carboxylic acids is 1. The van der Waals surface area contributed by atoms with Gasteiger partial charge in [0.1, 0.15) is 0 Å². The molecule has 1 fully saturated rings. The van der Waals surface area contributed by atoms with E-state index in [9.17, 15) is 4.79 Å². The summed E-state index contributed by atoms with van der Waals surface area (Å²) in [5.41, 5.74) is 3.61. The van der Waals surface area contributed by atoms with Gasteiger partial charge in [0.15, 0.2) is 0 Å². The summed E-state index contributed by atoms with van der Waals surface area (Å²) >= 11 is 7.66. The molecule has 0 spiro atoms. The number of nitrogens with one attached hydrogen (secondary N) is 1. The van der Waals surface area contributed by atoms with Crippen LogP contribution in [-0.4, -0.2) is 36.6 Å². The molecule has 3 heterocycles. The second kappa shape index (κ2) is 7.59. The average molecular weight is 390 g/mol. The summed E-state index contributed by atoms with van der Waals surface area (Å²) in [7, 11) is 0. The minimum atomic E-state index is 0.0519. The molecule has 6 heteroatoms. The zero-order valence-corrected chi connectivity index (χ0v) is 16.6. The Labute approximate surface area is 163 Å². The van der Waals surface area contributed by atoms with Crippen molar-refractivity contribution >= 4 is 34.7 Å². The summed E-state index contributed by atoms with van der Waals surface area (Å²) in [6.07, 6.45) is 2.95. The molecule has 4 nitrogen and oxygen atoms in total. The number of thiophene rings is 1. The highest BCUT2D eigenvalue weighted by molar-refractivity contribution is 7.16. The summed E-state index contributed by atoms with van der Waals surface area (Å²) in [6.45, 7) is 5.85. The Morgan fingerprint density at radius 3 is 2.77 bits per heavy atom. The van der Waals surface area contributed by atoms with Gasteiger partial charge in [0.25, 0.3) is 0 Å². The highest BCUT2D eigenvalue weighted by Gasteiger charge is 2.27. The molecular weight excluding hydrogens is 366 g/mol.